The third-order valence-corrected chi connectivity index (χ3v) is 13.7. The lowest BCUT2D eigenvalue weighted by atomic mass is 9.44. The van der Waals surface area contributed by atoms with Crippen LogP contribution in [-0.4, -0.2) is 6.61 Å². The topological polar surface area (TPSA) is 61.3 Å². The van der Waals surface area contributed by atoms with E-state index in [2.05, 4.69) is 41.5 Å². The summed E-state index contributed by atoms with van der Waals surface area (Å²) in [4.78, 5) is 0. The van der Waals surface area contributed by atoms with Gasteiger partial charge in [0.1, 0.15) is 0 Å². The van der Waals surface area contributed by atoms with Crippen LogP contribution >= 0.6 is 0 Å². The van der Waals surface area contributed by atoms with Crippen LogP contribution in [0.2, 0.25) is 0 Å². The maximum atomic E-state index is 6.16. The molecule has 9 atom stereocenters. The van der Waals surface area contributed by atoms with Crippen LogP contribution < -0.4 is 11.5 Å². The highest BCUT2D eigenvalue weighted by Crippen LogP contribution is 2.68. The second kappa shape index (κ2) is 11.2. The Balaban J connectivity index is 1.14. The maximum absolute atomic E-state index is 6.16. The Kier molecular flexibility index (Phi) is 8.42. The van der Waals surface area contributed by atoms with Crippen LogP contribution in [0.1, 0.15) is 124 Å². The number of ether oxygens (including phenoxy) is 1. The normalized spacial score (nSPS) is 37.9. The number of fused-ring (bicyclic) bond motifs is 5. The lowest BCUT2D eigenvalue weighted by molar-refractivity contribution is -0.114. The lowest BCUT2D eigenvalue weighted by Crippen LogP contribution is -2.53. The van der Waals surface area contributed by atoms with Gasteiger partial charge in [0.15, 0.2) is 0 Å². The van der Waals surface area contributed by atoms with Gasteiger partial charge in [-0.2, -0.15) is 0 Å². The molecule has 1 aromatic carbocycles. The van der Waals surface area contributed by atoms with Gasteiger partial charge < -0.3 is 16.2 Å². The van der Waals surface area contributed by atoms with Crippen LogP contribution in [0.3, 0.4) is 0 Å². The minimum Gasteiger partial charge on any atom is -0.399 e. The van der Waals surface area contributed by atoms with E-state index < -0.39 is 0 Å². The Morgan fingerprint density at radius 3 is 2.46 bits per heavy atom. The average molecular weight is 537 g/mol. The van der Waals surface area contributed by atoms with Crippen LogP contribution in [0.25, 0.3) is 0 Å². The Morgan fingerprint density at radius 2 is 1.69 bits per heavy atom. The number of hydrogen-bond donors (Lipinski definition) is 2. The van der Waals surface area contributed by atoms with Crippen LogP contribution in [0.4, 0.5) is 11.4 Å². The summed E-state index contributed by atoms with van der Waals surface area (Å²) in [7, 11) is 0. The molecular formula is C36H60N2O. The predicted octanol–water partition coefficient (Wildman–Crippen LogP) is 9.50. The molecule has 220 valence electrons. The third-order valence-electron chi connectivity index (χ3n) is 13.7. The van der Waals surface area contributed by atoms with Gasteiger partial charge in [0.2, 0.25) is 0 Å². The van der Waals surface area contributed by atoms with Crippen molar-refractivity contribution < 1.29 is 4.74 Å². The standard InChI is InChI=1S/C36H60N2O/c1-24(16-19-34(3,4)25(2)22-39-23-26-10-12-28(37)21-33(26)38)30-14-15-31-29-13-11-27-9-7-8-18-35(27,5)32(29)17-20-36(30,31)6/h10,12,21,24-25,27,29-32H,7-9,11,13-20,22-23,37-38H2,1-6H3/t24-,25?,27?,29+,30-,31+,32+,35+,36-/m1/s1. The first-order chi connectivity index (χ1) is 18.5. The van der Waals surface area contributed by atoms with Crippen molar-refractivity contribution in [1.82, 2.24) is 0 Å². The predicted molar refractivity (Wildman–Crippen MR) is 166 cm³/mol. The fourth-order valence-corrected chi connectivity index (χ4v) is 10.6. The highest BCUT2D eigenvalue weighted by molar-refractivity contribution is 5.56. The van der Waals surface area contributed by atoms with Crippen LogP contribution in [0.5, 0.6) is 0 Å². The molecule has 3 nitrogen and oxygen atoms in total. The number of nitrogen functional groups attached to an aromatic ring is 2. The largest absolute Gasteiger partial charge is 0.399 e. The summed E-state index contributed by atoms with van der Waals surface area (Å²) in [5.41, 5.74) is 16.0. The molecule has 4 fully saturated rings. The first kappa shape index (κ1) is 29.3. The second-order valence-electron chi connectivity index (χ2n) is 16.0. The van der Waals surface area contributed by atoms with Crippen LogP contribution in [-0.2, 0) is 11.3 Å². The Hall–Kier alpha value is -1.22. The van der Waals surface area contributed by atoms with Gasteiger partial charge in [-0.3, -0.25) is 0 Å². The molecular weight excluding hydrogens is 476 g/mol. The van der Waals surface area contributed by atoms with Crippen molar-refractivity contribution in [1.29, 1.82) is 0 Å². The summed E-state index contributed by atoms with van der Waals surface area (Å²) in [5, 5.41) is 0. The SMILES string of the molecule is CC(COCc1ccc(N)cc1N)C(C)(C)CC[C@@H](C)[C@H]1CC[C@H]2[C@@H]3CCC4CCCC[C@]4(C)[C@H]3CC[C@]12C. The van der Waals surface area contributed by atoms with Gasteiger partial charge in [-0.25, -0.2) is 0 Å². The molecule has 39 heavy (non-hydrogen) atoms. The molecule has 4 saturated carbocycles. The van der Waals surface area contributed by atoms with Crippen LogP contribution in [0.15, 0.2) is 18.2 Å². The molecule has 1 aromatic rings. The molecule has 5 rings (SSSR count). The monoisotopic (exact) mass is 536 g/mol. The van der Waals surface area contributed by atoms with Crippen molar-refractivity contribution in [2.75, 3.05) is 18.1 Å². The van der Waals surface area contributed by atoms with Gasteiger partial charge in [-0.1, -0.05) is 60.5 Å². The molecule has 2 unspecified atom stereocenters. The smallest absolute Gasteiger partial charge is 0.0737 e. The van der Waals surface area contributed by atoms with E-state index in [1.54, 1.807) is 6.42 Å². The van der Waals surface area contributed by atoms with Crippen molar-refractivity contribution in [3.63, 3.8) is 0 Å². The highest BCUT2D eigenvalue weighted by Gasteiger charge is 2.60. The summed E-state index contributed by atoms with van der Waals surface area (Å²) in [6, 6.07) is 5.73. The van der Waals surface area contributed by atoms with E-state index in [0.717, 1.165) is 53.4 Å². The fraction of sp³-hybridized carbons (Fsp3) is 0.833. The summed E-state index contributed by atoms with van der Waals surface area (Å²) in [6.45, 7) is 16.7. The van der Waals surface area contributed by atoms with E-state index in [1.165, 1.54) is 70.6 Å². The van der Waals surface area contributed by atoms with E-state index in [0.29, 0.717) is 29.0 Å². The van der Waals surface area contributed by atoms with Crippen molar-refractivity contribution in [2.45, 2.75) is 125 Å². The zero-order chi connectivity index (χ0) is 28.0. The van der Waals surface area contributed by atoms with Crippen molar-refractivity contribution >= 4 is 11.4 Å². The number of hydrogen-bond acceptors (Lipinski definition) is 3. The molecule has 4 N–H and O–H groups in total. The number of nitrogens with two attached hydrogens (primary N) is 2. The van der Waals surface area contributed by atoms with E-state index in [4.69, 9.17) is 16.2 Å². The fourth-order valence-electron chi connectivity index (χ4n) is 10.6. The molecule has 0 spiro atoms. The van der Waals surface area contributed by atoms with Gasteiger partial charge in [0.25, 0.3) is 0 Å². The van der Waals surface area contributed by atoms with E-state index in [1.807, 2.05) is 18.2 Å². The average Bonchev–Trinajstić information content (AvgIpc) is 3.25. The van der Waals surface area contributed by atoms with Crippen molar-refractivity contribution in [2.24, 2.45) is 57.7 Å². The maximum Gasteiger partial charge on any atom is 0.0737 e. The highest BCUT2D eigenvalue weighted by atomic mass is 16.5. The molecule has 0 heterocycles. The number of rotatable bonds is 9. The van der Waals surface area contributed by atoms with E-state index >= 15 is 0 Å². The zero-order valence-corrected chi connectivity index (χ0v) is 26.2. The third kappa shape index (κ3) is 5.52. The Labute approximate surface area is 240 Å². The molecule has 0 radical (unpaired) electrons. The number of benzene rings is 1. The second-order valence-corrected chi connectivity index (χ2v) is 16.0. The number of anilines is 2. The minimum atomic E-state index is 0.269. The van der Waals surface area contributed by atoms with Crippen LogP contribution in [0, 0.1) is 57.7 Å². The van der Waals surface area contributed by atoms with Gasteiger partial charge in [-0.15, -0.1) is 0 Å². The lowest BCUT2D eigenvalue weighted by Gasteiger charge is -2.61. The first-order valence-corrected chi connectivity index (χ1v) is 16.7. The van der Waals surface area contributed by atoms with Crippen molar-refractivity contribution in [3.8, 4) is 0 Å². The molecule has 0 aliphatic heterocycles. The molecule has 0 aromatic heterocycles. The van der Waals surface area contributed by atoms with E-state index in [-0.39, 0.29) is 5.41 Å². The molecule has 4 aliphatic rings. The molecule has 0 saturated heterocycles. The van der Waals surface area contributed by atoms with Gasteiger partial charge in [-0.05, 0) is 134 Å². The molecule has 0 bridgehead atoms. The summed E-state index contributed by atoms with van der Waals surface area (Å²) in [6.07, 6.45) is 17.7. The van der Waals surface area contributed by atoms with Gasteiger partial charge in [0, 0.05) is 16.9 Å². The quantitative estimate of drug-likeness (QED) is 0.309. The van der Waals surface area contributed by atoms with Crippen molar-refractivity contribution in [3.05, 3.63) is 23.8 Å². The summed E-state index contributed by atoms with van der Waals surface area (Å²) in [5.74, 6) is 6.30. The first-order valence-electron chi connectivity index (χ1n) is 16.7. The molecule has 0 amide bonds. The van der Waals surface area contributed by atoms with E-state index in [9.17, 15) is 0 Å². The summed E-state index contributed by atoms with van der Waals surface area (Å²) < 4.78 is 6.16. The molecule has 4 aliphatic carbocycles. The Morgan fingerprint density at radius 1 is 0.923 bits per heavy atom. The Bertz CT molecular complexity index is 988. The van der Waals surface area contributed by atoms with Gasteiger partial charge >= 0.3 is 0 Å². The summed E-state index contributed by atoms with van der Waals surface area (Å²) >= 11 is 0. The van der Waals surface area contributed by atoms with Gasteiger partial charge in [0.05, 0.1) is 13.2 Å². The molecule has 3 heteroatoms. The zero-order valence-electron chi connectivity index (χ0n) is 26.2. The minimum absolute atomic E-state index is 0.269.